The Morgan fingerprint density at radius 3 is 2.00 bits per heavy atom. The maximum Gasteiger partial charge on any atom is 0.242 e. The van der Waals surface area contributed by atoms with Crippen molar-refractivity contribution in [2.24, 2.45) is 0 Å². The van der Waals surface area contributed by atoms with Gasteiger partial charge in [0.25, 0.3) is 0 Å². The minimum absolute atomic E-state index is 0.0291. The number of carbonyl (C=O) groups excluding carboxylic acids is 2. The van der Waals surface area contributed by atoms with E-state index >= 15 is 0 Å². The van der Waals surface area contributed by atoms with Crippen LogP contribution in [0.15, 0.2) is 83.8 Å². The monoisotopic (exact) mass is 481 g/mol. The zero-order valence-corrected chi connectivity index (χ0v) is 19.8. The Hall–Kier alpha value is -3.69. The first-order chi connectivity index (χ1) is 16.3. The molecule has 1 unspecified atom stereocenters. The molecule has 3 N–H and O–H groups in total. The number of rotatable bonds is 10. The maximum absolute atomic E-state index is 13.1. The maximum atomic E-state index is 13.1. The summed E-state index contributed by atoms with van der Waals surface area (Å²) in [5.41, 5.74) is 1.86. The summed E-state index contributed by atoms with van der Waals surface area (Å²) in [6.45, 7) is 3.71. The summed E-state index contributed by atoms with van der Waals surface area (Å²) >= 11 is 0. The number of sulfonamides is 1. The lowest BCUT2D eigenvalue weighted by molar-refractivity contribution is -0.117. The van der Waals surface area contributed by atoms with E-state index in [1.165, 1.54) is 19.1 Å². The second-order valence-electron chi connectivity index (χ2n) is 7.52. The number of ether oxygens (including phenoxy) is 1. The minimum Gasteiger partial charge on any atom is -0.494 e. The van der Waals surface area contributed by atoms with Crippen LogP contribution in [0.5, 0.6) is 5.75 Å². The van der Waals surface area contributed by atoms with Crippen LogP contribution in [-0.2, 0) is 26.0 Å². The van der Waals surface area contributed by atoms with Gasteiger partial charge in [0.05, 0.1) is 11.5 Å². The van der Waals surface area contributed by atoms with E-state index in [4.69, 9.17) is 4.74 Å². The number of amides is 2. The molecule has 0 aliphatic rings. The molecule has 0 saturated heterocycles. The highest BCUT2D eigenvalue weighted by Crippen LogP contribution is 2.18. The zero-order valence-electron chi connectivity index (χ0n) is 18.9. The number of anilines is 2. The van der Waals surface area contributed by atoms with Crippen LogP contribution in [0.2, 0.25) is 0 Å². The van der Waals surface area contributed by atoms with Crippen molar-refractivity contribution in [3.63, 3.8) is 0 Å². The van der Waals surface area contributed by atoms with Crippen molar-refractivity contribution in [1.29, 1.82) is 0 Å². The number of carbonyl (C=O) groups is 2. The van der Waals surface area contributed by atoms with Gasteiger partial charge in [0.15, 0.2) is 0 Å². The van der Waals surface area contributed by atoms with E-state index in [1.807, 2.05) is 37.3 Å². The van der Waals surface area contributed by atoms with Crippen LogP contribution in [0.4, 0.5) is 11.4 Å². The van der Waals surface area contributed by atoms with E-state index in [1.54, 1.807) is 36.4 Å². The second-order valence-corrected chi connectivity index (χ2v) is 9.23. The number of benzene rings is 3. The van der Waals surface area contributed by atoms with E-state index in [9.17, 15) is 18.0 Å². The largest absolute Gasteiger partial charge is 0.494 e. The quantitative estimate of drug-likeness (QED) is 0.410. The summed E-state index contributed by atoms with van der Waals surface area (Å²) in [6, 6.07) is 20.7. The molecule has 0 radical (unpaired) electrons. The van der Waals surface area contributed by atoms with Crippen molar-refractivity contribution in [2.75, 3.05) is 17.2 Å². The number of hydrogen-bond donors (Lipinski definition) is 3. The molecule has 0 aliphatic carbocycles. The molecule has 0 spiro atoms. The molecular weight excluding hydrogens is 454 g/mol. The molecule has 3 rings (SSSR count). The summed E-state index contributed by atoms with van der Waals surface area (Å²) < 4.78 is 34.0. The second kappa shape index (κ2) is 11.4. The topological polar surface area (TPSA) is 114 Å². The fraction of sp³-hybridized carbons (Fsp3) is 0.200. The van der Waals surface area contributed by atoms with Crippen molar-refractivity contribution in [3.8, 4) is 5.75 Å². The molecular formula is C25H27N3O5S. The van der Waals surface area contributed by atoms with Gasteiger partial charge in [-0.1, -0.05) is 30.3 Å². The highest BCUT2D eigenvalue weighted by atomic mass is 32.2. The van der Waals surface area contributed by atoms with Crippen LogP contribution >= 0.6 is 0 Å². The first-order valence-corrected chi connectivity index (χ1v) is 12.2. The van der Waals surface area contributed by atoms with Gasteiger partial charge in [-0.15, -0.1) is 0 Å². The van der Waals surface area contributed by atoms with Crippen molar-refractivity contribution >= 4 is 33.2 Å². The van der Waals surface area contributed by atoms with E-state index in [2.05, 4.69) is 15.4 Å². The smallest absolute Gasteiger partial charge is 0.242 e. The van der Waals surface area contributed by atoms with Crippen LogP contribution in [0.3, 0.4) is 0 Å². The summed E-state index contributed by atoms with van der Waals surface area (Å²) in [6.07, 6.45) is 0.160. The first-order valence-electron chi connectivity index (χ1n) is 10.7. The molecule has 0 aromatic heterocycles. The Kier molecular flexibility index (Phi) is 8.39. The Morgan fingerprint density at radius 2 is 1.44 bits per heavy atom. The van der Waals surface area contributed by atoms with Crippen LogP contribution in [0.25, 0.3) is 0 Å². The summed E-state index contributed by atoms with van der Waals surface area (Å²) in [7, 11) is -3.98. The lowest BCUT2D eigenvalue weighted by atomic mass is 10.1. The van der Waals surface area contributed by atoms with Gasteiger partial charge in [-0.3, -0.25) is 9.59 Å². The van der Waals surface area contributed by atoms with E-state index in [0.717, 1.165) is 5.56 Å². The average molecular weight is 482 g/mol. The number of nitrogens with one attached hydrogen (secondary N) is 3. The highest BCUT2D eigenvalue weighted by Gasteiger charge is 2.26. The van der Waals surface area contributed by atoms with Crippen LogP contribution in [-0.4, -0.2) is 32.9 Å². The molecule has 3 aromatic rings. The lowest BCUT2D eigenvalue weighted by Gasteiger charge is -2.19. The molecule has 3 aromatic carbocycles. The van der Waals surface area contributed by atoms with Crippen LogP contribution < -0.4 is 20.1 Å². The third-order valence-corrected chi connectivity index (χ3v) is 6.30. The van der Waals surface area contributed by atoms with Gasteiger partial charge >= 0.3 is 0 Å². The Bertz CT molecular complexity index is 1210. The van der Waals surface area contributed by atoms with Crippen molar-refractivity contribution in [1.82, 2.24) is 4.72 Å². The predicted molar refractivity (Wildman–Crippen MR) is 131 cm³/mol. The fourth-order valence-electron chi connectivity index (χ4n) is 3.24. The molecule has 0 fully saturated rings. The zero-order chi connectivity index (χ0) is 24.6. The average Bonchev–Trinajstić information content (AvgIpc) is 2.81. The lowest BCUT2D eigenvalue weighted by Crippen LogP contribution is -2.45. The van der Waals surface area contributed by atoms with Gasteiger partial charge in [-0.2, -0.15) is 4.72 Å². The summed E-state index contributed by atoms with van der Waals surface area (Å²) in [4.78, 5) is 24.3. The third-order valence-electron chi connectivity index (χ3n) is 4.81. The molecule has 0 bridgehead atoms. The third kappa shape index (κ3) is 7.16. The van der Waals surface area contributed by atoms with Gasteiger partial charge < -0.3 is 15.4 Å². The molecule has 2 amide bonds. The molecule has 1 atom stereocenters. The highest BCUT2D eigenvalue weighted by molar-refractivity contribution is 7.89. The number of hydrogen-bond acceptors (Lipinski definition) is 5. The standard InChI is InChI=1S/C25H27N3O5S/c1-3-33-22-13-15-23(16-14-22)34(31,32)28-24(17-19-7-5-4-6-8-19)25(30)27-21-11-9-20(10-12-21)26-18(2)29/h4-16,24,28H,3,17H2,1-2H3,(H,26,29)(H,27,30). The van der Waals surface area contributed by atoms with Gasteiger partial charge in [0, 0.05) is 18.3 Å². The molecule has 0 heterocycles. The minimum atomic E-state index is -3.98. The van der Waals surface area contributed by atoms with Crippen LogP contribution in [0, 0.1) is 0 Å². The molecule has 0 aliphatic heterocycles. The molecule has 0 saturated carbocycles. The van der Waals surface area contributed by atoms with Gasteiger partial charge in [-0.25, -0.2) is 8.42 Å². The normalized spacial score (nSPS) is 11.9. The molecule has 9 heteroatoms. The van der Waals surface area contributed by atoms with Crippen LogP contribution in [0.1, 0.15) is 19.4 Å². The van der Waals surface area contributed by atoms with Crippen molar-refractivity contribution < 1.29 is 22.7 Å². The fourth-order valence-corrected chi connectivity index (χ4v) is 4.44. The Morgan fingerprint density at radius 1 is 0.853 bits per heavy atom. The Balaban J connectivity index is 1.80. The van der Waals surface area contributed by atoms with E-state index < -0.39 is 22.0 Å². The van der Waals surface area contributed by atoms with E-state index in [0.29, 0.717) is 23.7 Å². The van der Waals surface area contributed by atoms with Gasteiger partial charge in [0.2, 0.25) is 21.8 Å². The predicted octanol–water partition coefficient (Wildman–Crippen LogP) is 3.57. The summed E-state index contributed by atoms with van der Waals surface area (Å²) in [5, 5.41) is 5.39. The Labute approximate surface area is 199 Å². The SMILES string of the molecule is CCOc1ccc(S(=O)(=O)NC(Cc2ccccc2)C(=O)Nc2ccc(NC(C)=O)cc2)cc1. The molecule has 178 valence electrons. The first kappa shape index (κ1) is 24.9. The summed E-state index contributed by atoms with van der Waals surface area (Å²) in [5.74, 6) is -0.156. The van der Waals surface area contributed by atoms with Gasteiger partial charge in [-0.05, 0) is 67.4 Å². The van der Waals surface area contributed by atoms with Crippen molar-refractivity contribution in [3.05, 3.63) is 84.4 Å². The molecule has 8 nitrogen and oxygen atoms in total. The molecule has 34 heavy (non-hydrogen) atoms. The van der Waals surface area contributed by atoms with E-state index in [-0.39, 0.29) is 17.2 Å². The van der Waals surface area contributed by atoms with Crippen molar-refractivity contribution in [2.45, 2.75) is 31.2 Å². The van der Waals surface area contributed by atoms with Gasteiger partial charge in [0.1, 0.15) is 11.8 Å².